The molecular weight excluding hydrogens is 450 g/mol. The van der Waals surface area contributed by atoms with E-state index < -0.39 is 0 Å². The van der Waals surface area contributed by atoms with Gasteiger partial charge in [0.25, 0.3) is 0 Å². The lowest BCUT2D eigenvalue weighted by molar-refractivity contribution is -0.120. The number of nitrogens with one attached hydrogen (secondary N) is 2. The summed E-state index contributed by atoms with van der Waals surface area (Å²) >= 11 is 0. The molecule has 0 aliphatic carbocycles. The standard InChI is InChI=1S/C30H29N3O3/c1-4-33-26-14-13-20(36-3)15-22(26)27(29(33)18-9-11-19(35-2)12-10-18)24-17-32-30(34)28(24)23-16-31-25-8-6-5-7-21(23)25/h5-16,24,28,31H,4,17H2,1-3H3,(H,32,34). The predicted molar refractivity (Wildman–Crippen MR) is 143 cm³/mol. The van der Waals surface area contributed by atoms with Gasteiger partial charge >= 0.3 is 0 Å². The van der Waals surface area contributed by atoms with E-state index in [-0.39, 0.29) is 17.7 Å². The number of fused-ring (bicyclic) bond motifs is 2. The first-order valence-corrected chi connectivity index (χ1v) is 12.3. The molecule has 3 heterocycles. The molecule has 1 aliphatic rings. The molecule has 5 aromatic rings. The number of aromatic amines is 1. The first kappa shape index (κ1) is 22.3. The first-order chi connectivity index (χ1) is 17.6. The summed E-state index contributed by atoms with van der Waals surface area (Å²) in [6.45, 7) is 3.54. The van der Waals surface area contributed by atoms with Crippen molar-refractivity contribution >= 4 is 27.7 Å². The number of carbonyl (C=O) groups is 1. The van der Waals surface area contributed by atoms with E-state index in [0.29, 0.717) is 6.54 Å². The highest BCUT2D eigenvalue weighted by molar-refractivity contribution is 5.99. The third-order valence-corrected chi connectivity index (χ3v) is 7.50. The summed E-state index contributed by atoms with van der Waals surface area (Å²) in [4.78, 5) is 16.8. The number of carbonyl (C=O) groups excluding carboxylic acids is 1. The maximum absolute atomic E-state index is 13.4. The van der Waals surface area contributed by atoms with E-state index in [1.54, 1.807) is 14.2 Å². The second-order valence-electron chi connectivity index (χ2n) is 9.24. The van der Waals surface area contributed by atoms with Gasteiger partial charge in [-0.1, -0.05) is 18.2 Å². The van der Waals surface area contributed by atoms with Crippen LogP contribution in [0.5, 0.6) is 11.5 Å². The van der Waals surface area contributed by atoms with Crippen LogP contribution in [0.25, 0.3) is 33.1 Å². The maximum atomic E-state index is 13.4. The Morgan fingerprint density at radius 3 is 2.44 bits per heavy atom. The maximum Gasteiger partial charge on any atom is 0.228 e. The smallest absolute Gasteiger partial charge is 0.228 e. The number of rotatable bonds is 6. The van der Waals surface area contributed by atoms with Crippen LogP contribution in [0.4, 0.5) is 0 Å². The van der Waals surface area contributed by atoms with E-state index in [0.717, 1.165) is 56.7 Å². The zero-order chi connectivity index (χ0) is 24.8. The Hall–Kier alpha value is -4.19. The summed E-state index contributed by atoms with van der Waals surface area (Å²) in [6, 6.07) is 22.6. The van der Waals surface area contributed by atoms with Crippen LogP contribution in [-0.2, 0) is 11.3 Å². The lowest BCUT2D eigenvalue weighted by Gasteiger charge is -2.20. The lowest BCUT2D eigenvalue weighted by atomic mass is 9.81. The normalized spacial score (nSPS) is 17.6. The number of nitrogens with zero attached hydrogens (tertiary/aromatic N) is 1. The second kappa shape index (κ2) is 8.79. The van der Waals surface area contributed by atoms with Crippen LogP contribution >= 0.6 is 0 Å². The molecular formula is C30H29N3O3. The summed E-state index contributed by atoms with van der Waals surface area (Å²) in [6.07, 6.45) is 2.00. The Balaban J connectivity index is 1.63. The minimum absolute atomic E-state index is 0.0452. The fourth-order valence-electron chi connectivity index (χ4n) is 5.85. The highest BCUT2D eigenvalue weighted by Gasteiger charge is 2.41. The summed E-state index contributed by atoms with van der Waals surface area (Å²) in [5, 5.41) is 5.38. The van der Waals surface area contributed by atoms with Gasteiger partial charge in [-0.2, -0.15) is 0 Å². The number of benzene rings is 3. The number of aryl methyl sites for hydroxylation is 1. The van der Waals surface area contributed by atoms with E-state index in [1.807, 2.05) is 36.5 Å². The van der Waals surface area contributed by atoms with Gasteiger partial charge in [0, 0.05) is 47.0 Å². The van der Waals surface area contributed by atoms with Gasteiger partial charge in [0.05, 0.1) is 25.8 Å². The SMILES string of the molecule is CCn1c(-c2ccc(OC)cc2)c(C2CNC(=O)C2c2c[nH]c3ccccc23)c2cc(OC)ccc21. The molecule has 0 radical (unpaired) electrons. The van der Waals surface area contributed by atoms with Crippen molar-refractivity contribution in [2.24, 2.45) is 0 Å². The first-order valence-electron chi connectivity index (χ1n) is 12.3. The van der Waals surface area contributed by atoms with Gasteiger partial charge < -0.3 is 24.3 Å². The fraction of sp³-hybridized carbons (Fsp3) is 0.233. The van der Waals surface area contributed by atoms with E-state index in [2.05, 4.69) is 58.2 Å². The molecule has 1 aliphatic heterocycles. The number of aromatic nitrogens is 2. The molecule has 1 amide bonds. The molecule has 3 aromatic carbocycles. The van der Waals surface area contributed by atoms with Crippen LogP contribution in [0, 0.1) is 0 Å². The molecule has 0 saturated carbocycles. The van der Waals surface area contributed by atoms with Crippen molar-refractivity contribution in [1.29, 1.82) is 0 Å². The van der Waals surface area contributed by atoms with Crippen molar-refractivity contribution in [3.8, 4) is 22.8 Å². The monoisotopic (exact) mass is 479 g/mol. The van der Waals surface area contributed by atoms with Crippen molar-refractivity contribution in [2.75, 3.05) is 20.8 Å². The molecule has 2 N–H and O–H groups in total. The van der Waals surface area contributed by atoms with Gasteiger partial charge in [0.2, 0.25) is 5.91 Å². The molecule has 1 saturated heterocycles. The quantitative estimate of drug-likeness (QED) is 0.322. The topological polar surface area (TPSA) is 68.3 Å². The van der Waals surface area contributed by atoms with Gasteiger partial charge in [-0.15, -0.1) is 0 Å². The van der Waals surface area contributed by atoms with Crippen LogP contribution in [-0.4, -0.2) is 36.2 Å². The molecule has 6 rings (SSSR count). The van der Waals surface area contributed by atoms with Crippen LogP contribution in [0.2, 0.25) is 0 Å². The van der Waals surface area contributed by atoms with Crippen molar-refractivity contribution in [3.63, 3.8) is 0 Å². The molecule has 0 bridgehead atoms. The number of H-pyrrole nitrogens is 1. The number of methoxy groups -OCH3 is 2. The molecule has 2 aromatic heterocycles. The zero-order valence-electron chi connectivity index (χ0n) is 20.7. The highest BCUT2D eigenvalue weighted by atomic mass is 16.5. The number of hydrogen-bond donors (Lipinski definition) is 2. The van der Waals surface area contributed by atoms with Crippen LogP contribution in [0.15, 0.2) is 72.9 Å². The summed E-state index contributed by atoms with van der Waals surface area (Å²) in [5.41, 5.74) is 6.61. The fourth-order valence-corrected chi connectivity index (χ4v) is 5.85. The molecule has 0 spiro atoms. The summed E-state index contributed by atoms with van der Waals surface area (Å²) in [5.74, 6) is 1.33. The Bertz CT molecular complexity index is 1580. The molecule has 36 heavy (non-hydrogen) atoms. The van der Waals surface area contributed by atoms with E-state index in [4.69, 9.17) is 9.47 Å². The van der Waals surface area contributed by atoms with E-state index in [9.17, 15) is 4.79 Å². The lowest BCUT2D eigenvalue weighted by Crippen LogP contribution is -2.18. The average Bonchev–Trinajstić information content (AvgIpc) is 3.60. The minimum Gasteiger partial charge on any atom is -0.497 e. The van der Waals surface area contributed by atoms with Gasteiger partial charge in [-0.05, 0) is 72.1 Å². The average molecular weight is 480 g/mol. The number of para-hydroxylation sites is 1. The second-order valence-corrected chi connectivity index (χ2v) is 9.24. The highest BCUT2D eigenvalue weighted by Crippen LogP contribution is 2.47. The Labute approximate surface area is 209 Å². The zero-order valence-corrected chi connectivity index (χ0v) is 20.7. The third-order valence-electron chi connectivity index (χ3n) is 7.50. The van der Waals surface area contributed by atoms with Crippen LogP contribution in [0.3, 0.4) is 0 Å². The number of ether oxygens (including phenoxy) is 2. The van der Waals surface area contributed by atoms with Gasteiger partial charge in [-0.25, -0.2) is 0 Å². The molecule has 1 fully saturated rings. The predicted octanol–water partition coefficient (Wildman–Crippen LogP) is 5.82. The van der Waals surface area contributed by atoms with Crippen molar-refractivity contribution in [3.05, 3.63) is 84.1 Å². The van der Waals surface area contributed by atoms with Gasteiger partial charge in [0.15, 0.2) is 0 Å². The van der Waals surface area contributed by atoms with Crippen molar-refractivity contribution < 1.29 is 14.3 Å². The minimum atomic E-state index is -0.305. The van der Waals surface area contributed by atoms with Crippen LogP contribution < -0.4 is 14.8 Å². The molecule has 2 unspecified atom stereocenters. The Morgan fingerprint density at radius 1 is 0.944 bits per heavy atom. The largest absolute Gasteiger partial charge is 0.497 e. The molecule has 182 valence electrons. The summed E-state index contributed by atoms with van der Waals surface area (Å²) in [7, 11) is 3.37. The van der Waals surface area contributed by atoms with Crippen molar-refractivity contribution in [2.45, 2.75) is 25.3 Å². The third kappa shape index (κ3) is 3.36. The van der Waals surface area contributed by atoms with E-state index in [1.165, 1.54) is 5.56 Å². The van der Waals surface area contributed by atoms with Crippen molar-refractivity contribution in [1.82, 2.24) is 14.9 Å². The summed E-state index contributed by atoms with van der Waals surface area (Å²) < 4.78 is 13.4. The van der Waals surface area contributed by atoms with Gasteiger partial charge in [0.1, 0.15) is 11.5 Å². The number of hydrogen-bond acceptors (Lipinski definition) is 3. The molecule has 6 heteroatoms. The molecule has 6 nitrogen and oxygen atoms in total. The van der Waals surface area contributed by atoms with Gasteiger partial charge in [-0.3, -0.25) is 4.79 Å². The Kier molecular flexibility index (Phi) is 5.44. The van der Waals surface area contributed by atoms with Crippen LogP contribution in [0.1, 0.15) is 29.9 Å². The Morgan fingerprint density at radius 2 is 1.69 bits per heavy atom. The number of amides is 1. The molecule has 2 atom stereocenters. The van der Waals surface area contributed by atoms with E-state index >= 15 is 0 Å².